The van der Waals surface area contributed by atoms with Crippen LogP contribution in [-0.2, 0) is 11.2 Å². The third kappa shape index (κ3) is 1.31. The van der Waals surface area contributed by atoms with Crippen LogP contribution in [0, 0.1) is 0 Å². The van der Waals surface area contributed by atoms with Gasteiger partial charge >= 0.3 is 0 Å². The Hall–Kier alpha value is -1.31. The molecule has 0 fully saturated rings. The summed E-state index contributed by atoms with van der Waals surface area (Å²) in [6.07, 6.45) is 2.03. The summed E-state index contributed by atoms with van der Waals surface area (Å²) in [6.45, 7) is 3.78. The first-order valence-electron chi connectivity index (χ1n) is 5.11. The lowest BCUT2D eigenvalue weighted by Crippen LogP contribution is -2.35. The topological polar surface area (TPSA) is 20.3 Å². The molecule has 1 aliphatic heterocycles. The molecule has 2 nitrogen and oxygen atoms in total. The maximum absolute atomic E-state index is 11.5. The van der Waals surface area contributed by atoms with Crippen LogP contribution >= 0.6 is 0 Å². The Bertz CT molecular complexity index is 359. The van der Waals surface area contributed by atoms with E-state index in [0.29, 0.717) is 6.04 Å². The molecule has 0 bridgehead atoms. The van der Waals surface area contributed by atoms with E-state index in [4.69, 9.17) is 0 Å². The van der Waals surface area contributed by atoms with Crippen molar-refractivity contribution in [2.75, 3.05) is 4.90 Å². The third-order valence-electron chi connectivity index (χ3n) is 2.88. The second-order valence-electron chi connectivity index (χ2n) is 3.78. The Labute approximate surface area is 84.5 Å². The van der Waals surface area contributed by atoms with Gasteiger partial charge in [0.05, 0.1) is 0 Å². The van der Waals surface area contributed by atoms with E-state index in [2.05, 4.69) is 13.0 Å². The van der Waals surface area contributed by atoms with Crippen LogP contribution in [0.15, 0.2) is 24.3 Å². The Balaban J connectivity index is 2.42. The van der Waals surface area contributed by atoms with Crippen LogP contribution in [0.3, 0.4) is 0 Å². The fraction of sp³-hybridized carbons (Fsp3) is 0.417. The lowest BCUT2D eigenvalue weighted by Gasteiger charge is -2.22. The SMILES string of the molecule is CCC1Cc2ccccc2N1C(C)=O. The predicted octanol–water partition coefficient (Wildman–Crippen LogP) is 2.37. The lowest BCUT2D eigenvalue weighted by atomic mass is 10.1. The highest BCUT2D eigenvalue weighted by molar-refractivity contribution is 5.94. The molecular formula is C12H15NO. The average Bonchev–Trinajstić information content (AvgIpc) is 2.55. The fourth-order valence-electron chi connectivity index (χ4n) is 2.21. The van der Waals surface area contributed by atoms with Gasteiger partial charge in [0.25, 0.3) is 0 Å². The fourth-order valence-corrected chi connectivity index (χ4v) is 2.21. The third-order valence-corrected chi connectivity index (χ3v) is 2.88. The van der Waals surface area contributed by atoms with Crippen molar-refractivity contribution in [3.05, 3.63) is 29.8 Å². The van der Waals surface area contributed by atoms with Crippen LogP contribution in [0.2, 0.25) is 0 Å². The maximum Gasteiger partial charge on any atom is 0.224 e. The molecule has 14 heavy (non-hydrogen) atoms. The molecule has 2 heteroatoms. The zero-order valence-electron chi connectivity index (χ0n) is 8.66. The molecule has 0 aliphatic carbocycles. The molecule has 0 spiro atoms. The van der Waals surface area contributed by atoms with Crippen molar-refractivity contribution in [2.24, 2.45) is 0 Å². The van der Waals surface area contributed by atoms with Crippen molar-refractivity contribution in [3.63, 3.8) is 0 Å². The normalized spacial score (nSPS) is 19.6. The summed E-state index contributed by atoms with van der Waals surface area (Å²) in [6, 6.07) is 8.54. The Morgan fingerprint density at radius 1 is 1.50 bits per heavy atom. The molecular weight excluding hydrogens is 174 g/mol. The van der Waals surface area contributed by atoms with Crippen molar-refractivity contribution >= 4 is 11.6 Å². The average molecular weight is 189 g/mol. The summed E-state index contributed by atoms with van der Waals surface area (Å²) >= 11 is 0. The number of anilines is 1. The Kier molecular flexibility index (Phi) is 2.28. The second-order valence-corrected chi connectivity index (χ2v) is 3.78. The summed E-state index contributed by atoms with van der Waals surface area (Å²) < 4.78 is 0. The van der Waals surface area contributed by atoms with Crippen molar-refractivity contribution in [1.29, 1.82) is 0 Å². The molecule has 0 saturated carbocycles. The zero-order chi connectivity index (χ0) is 10.1. The van der Waals surface area contributed by atoms with Crippen LogP contribution < -0.4 is 4.90 Å². The molecule has 1 aromatic carbocycles. The molecule has 0 saturated heterocycles. The standard InChI is InChI=1S/C12H15NO/c1-3-11-8-10-6-4-5-7-12(10)13(11)9(2)14/h4-7,11H,3,8H2,1-2H3. The first-order chi connectivity index (χ1) is 6.74. The minimum absolute atomic E-state index is 0.154. The number of rotatable bonds is 1. The Morgan fingerprint density at radius 3 is 2.86 bits per heavy atom. The summed E-state index contributed by atoms with van der Waals surface area (Å²) in [5, 5.41) is 0. The van der Waals surface area contributed by atoms with Gasteiger partial charge in [0.15, 0.2) is 0 Å². The number of amides is 1. The molecule has 74 valence electrons. The highest BCUT2D eigenvalue weighted by atomic mass is 16.2. The molecule has 0 radical (unpaired) electrons. The van der Waals surface area contributed by atoms with E-state index in [-0.39, 0.29) is 5.91 Å². The van der Waals surface area contributed by atoms with Crippen molar-refractivity contribution < 1.29 is 4.79 Å². The van der Waals surface area contributed by atoms with E-state index in [0.717, 1.165) is 18.5 Å². The number of nitrogens with zero attached hydrogens (tertiary/aromatic N) is 1. The van der Waals surface area contributed by atoms with Gasteiger partial charge in [0.2, 0.25) is 5.91 Å². The molecule has 1 atom stereocenters. The van der Waals surface area contributed by atoms with Gasteiger partial charge in [-0.05, 0) is 24.5 Å². The molecule has 1 aromatic rings. The van der Waals surface area contributed by atoms with Gasteiger partial charge in [-0.15, -0.1) is 0 Å². The van der Waals surface area contributed by atoms with Gasteiger partial charge in [-0.1, -0.05) is 25.1 Å². The monoisotopic (exact) mass is 189 g/mol. The number of carbonyl (C=O) groups is 1. The van der Waals surface area contributed by atoms with E-state index >= 15 is 0 Å². The number of hydrogen-bond donors (Lipinski definition) is 0. The van der Waals surface area contributed by atoms with E-state index in [1.807, 2.05) is 23.1 Å². The molecule has 1 amide bonds. The summed E-state index contributed by atoms with van der Waals surface area (Å²) in [5.74, 6) is 0.154. The van der Waals surface area contributed by atoms with Gasteiger partial charge in [-0.25, -0.2) is 0 Å². The highest BCUT2D eigenvalue weighted by Crippen LogP contribution is 2.32. The van der Waals surface area contributed by atoms with Crippen LogP contribution in [-0.4, -0.2) is 11.9 Å². The molecule has 1 aliphatic rings. The van der Waals surface area contributed by atoms with E-state index < -0.39 is 0 Å². The van der Waals surface area contributed by atoms with Crippen molar-refractivity contribution in [1.82, 2.24) is 0 Å². The second kappa shape index (κ2) is 3.45. The Morgan fingerprint density at radius 2 is 2.21 bits per heavy atom. The van der Waals surface area contributed by atoms with Crippen LogP contribution in [0.5, 0.6) is 0 Å². The predicted molar refractivity (Wildman–Crippen MR) is 57.4 cm³/mol. The maximum atomic E-state index is 11.5. The molecule has 1 heterocycles. The van der Waals surface area contributed by atoms with Crippen molar-refractivity contribution in [3.8, 4) is 0 Å². The summed E-state index contributed by atoms with van der Waals surface area (Å²) in [4.78, 5) is 13.4. The smallest absolute Gasteiger partial charge is 0.224 e. The van der Waals surface area contributed by atoms with Gasteiger partial charge in [-0.2, -0.15) is 0 Å². The molecule has 1 unspecified atom stereocenters. The van der Waals surface area contributed by atoms with Gasteiger partial charge in [-0.3, -0.25) is 4.79 Å². The van der Waals surface area contributed by atoms with Crippen LogP contribution in [0.1, 0.15) is 25.8 Å². The molecule has 0 N–H and O–H groups in total. The van der Waals surface area contributed by atoms with Crippen molar-refractivity contribution in [2.45, 2.75) is 32.7 Å². The van der Waals surface area contributed by atoms with Gasteiger partial charge < -0.3 is 4.90 Å². The number of benzene rings is 1. The first-order valence-corrected chi connectivity index (χ1v) is 5.11. The van der Waals surface area contributed by atoms with Crippen LogP contribution in [0.25, 0.3) is 0 Å². The highest BCUT2D eigenvalue weighted by Gasteiger charge is 2.29. The quantitative estimate of drug-likeness (QED) is 0.664. The lowest BCUT2D eigenvalue weighted by molar-refractivity contribution is -0.116. The number of hydrogen-bond acceptors (Lipinski definition) is 1. The van der Waals surface area contributed by atoms with E-state index in [9.17, 15) is 4.79 Å². The number of carbonyl (C=O) groups excluding carboxylic acids is 1. The summed E-state index contributed by atoms with van der Waals surface area (Å²) in [5.41, 5.74) is 2.40. The van der Waals surface area contributed by atoms with Gasteiger partial charge in [0.1, 0.15) is 0 Å². The molecule has 2 rings (SSSR count). The largest absolute Gasteiger partial charge is 0.309 e. The van der Waals surface area contributed by atoms with Gasteiger partial charge in [0, 0.05) is 18.7 Å². The summed E-state index contributed by atoms with van der Waals surface area (Å²) in [7, 11) is 0. The molecule has 0 aromatic heterocycles. The number of fused-ring (bicyclic) bond motifs is 1. The van der Waals surface area contributed by atoms with E-state index in [1.165, 1.54) is 5.56 Å². The van der Waals surface area contributed by atoms with E-state index in [1.54, 1.807) is 6.92 Å². The minimum Gasteiger partial charge on any atom is -0.309 e. The first kappa shape index (κ1) is 9.25. The zero-order valence-corrected chi connectivity index (χ0v) is 8.66. The minimum atomic E-state index is 0.154. The van der Waals surface area contributed by atoms with Crippen LogP contribution in [0.4, 0.5) is 5.69 Å². The number of para-hydroxylation sites is 1.